The van der Waals surface area contributed by atoms with Crippen LogP contribution in [-0.2, 0) is 17.6 Å². The minimum Gasteiger partial charge on any atom is -0.450 e. The van der Waals surface area contributed by atoms with E-state index in [-0.39, 0.29) is 17.8 Å². The number of benzene rings is 1. The molecule has 1 aromatic heterocycles. The molecule has 2 aromatic rings. The zero-order valence-electron chi connectivity index (χ0n) is 16.6. The molecular weight excluding hydrogens is 375 g/mol. The largest absolute Gasteiger partial charge is 0.450 e. The quantitative estimate of drug-likeness (QED) is 0.795. The van der Waals surface area contributed by atoms with Gasteiger partial charge in [-0.25, -0.2) is 13.9 Å². The summed E-state index contributed by atoms with van der Waals surface area (Å²) in [4.78, 5) is 28.7. The van der Waals surface area contributed by atoms with E-state index >= 15 is 0 Å². The molecule has 1 aromatic carbocycles. The molecule has 2 heterocycles. The minimum atomic E-state index is -0.330. The second-order valence-corrected chi connectivity index (χ2v) is 7.35. The van der Waals surface area contributed by atoms with E-state index in [1.807, 2.05) is 0 Å². The van der Waals surface area contributed by atoms with E-state index in [0.717, 1.165) is 36.2 Å². The molecule has 8 heteroatoms. The van der Waals surface area contributed by atoms with Crippen molar-refractivity contribution in [2.24, 2.45) is 0 Å². The summed E-state index contributed by atoms with van der Waals surface area (Å²) in [5.74, 6) is -0.403. The number of hydrogen-bond acceptors (Lipinski definition) is 4. The summed E-state index contributed by atoms with van der Waals surface area (Å²) in [5.41, 5.74) is 3.26. The monoisotopic (exact) mass is 400 g/mol. The van der Waals surface area contributed by atoms with E-state index in [9.17, 15) is 14.0 Å². The van der Waals surface area contributed by atoms with Gasteiger partial charge < -0.3 is 14.5 Å². The SMILES string of the molecule is CCOC(=O)N1CCCN(C(=O)c2nn(-c3ccc(F)cc3)c3c2CCC3)CC1. The van der Waals surface area contributed by atoms with Crippen LogP contribution in [0.3, 0.4) is 0 Å². The maximum atomic E-state index is 13.3. The van der Waals surface area contributed by atoms with E-state index in [1.54, 1.807) is 33.5 Å². The molecule has 0 spiro atoms. The van der Waals surface area contributed by atoms with Gasteiger partial charge in [-0.1, -0.05) is 0 Å². The summed E-state index contributed by atoms with van der Waals surface area (Å²) in [7, 11) is 0. The van der Waals surface area contributed by atoms with Crippen LogP contribution in [-0.4, -0.2) is 64.4 Å². The zero-order chi connectivity index (χ0) is 20.4. The van der Waals surface area contributed by atoms with Gasteiger partial charge in [0.25, 0.3) is 5.91 Å². The highest BCUT2D eigenvalue weighted by Crippen LogP contribution is 2.29. The lowest BCUT2D eigenvalue weighted by atomic mass is 10.2. The molecule has 1 aliphatic carbocycles. The van der Waals surface area contributed by atoms with Crippen molar-refractivity contribution in [3.8, 4) is 5.69 Å². The molecule has 7 nitrogen and oxygen atoms in total. The molecule has 4 rings (SSSR count). The van der Waals surface area contributed by atoms with Crippen LogP contribution in [0.5, 0.6) is 0 Å². The number of amides is 2. The first-order valence-electron chi connectivity index (χ1n) is 10.2. The van der Waals surface area contributed by atoms with Crippen LogP contribution in [0.15, 0.2) is 24.3 Å². The summed E-state index contributed by atoms with van der Waals surface area (Å²) in [6.45, 7) is 4.17. The number of ether oxygens (including phenoxy) is 1. The molecular formula is C21H25FN4O3. The first-order chi connectivity index (χ1) is 14.1. The summed E-state index contributed by atoms with van der Waals surface area (Å²) in [6, 6.07) is 6.16. The standard InChI is InChI=1S/C21H25FN4O3/c1-2-29-21(28)25-12-4-11-24(13-14-25)20(27)19-17-5-3-6-18(17)26(23-19)16-9-7-15(22)8-10-16/h7-10H,2-6,11-14H2,1H3. The Morgan fingerprint density at radius 2 is 1.76 bits per heavy atom. The molecule has 0 N–H and O–H groups in total. The second kappa shape index (κ2) is 8.23. The van der Waals surface area contributed by atoms with Gasteiger partial charge in [0.05, 0.1) is 12.3 Å². The van der Waals surface area contributed by atoms with Crippen molar-refractivity contribution >= 4 is 12.0 Å². The second-order valence-electron chi connectivity index (χ2n) is 7.35. The van der Waals surface area contributed by atoms with E-state index in [2.05, 4.69) is 5.10 Å². The highest BCUT2D eigenvalue weighted by atomic mass is 19.1. The summed E-state index contributed by atoms with van der Waals surface area (Å²) in [6.07, 6.45) is 3.02. The Labute approximate surface area is 169 Å². The fraction of sp³-hybridized carbons (Fsp3) is 0.476. The van der Waals surface area contributed by atoms with Gasteiger partial charge in [-0.05, 0) is 56.9 Å². The number of carbonyl (C=O) groups is 2. The van der Waals surface area contributed by atoms with Crippen LogP contribution >= 0.6 is 0 Å². The normalized spacial score (nSPS) is 16.5. The van der Waals surface area contributed by atoms with Gasteiger partial charge in [0.15, 0.2) is 5.69 Å². The summed E-state index contributed by atoms with van der Waals surface area (Å²) in [5, 5.41) is 4.62. The smallest absolute Gasteiger partial charge is 0.409 e. The lowest BCUT2D eigenvalue weighted by Gasteiger charge is -2.21. The van der Waals surface area contributed by atoms with Crippen LogP contribution < -0.4 is 0 Å². The number of aromatic nitrogens is 2. The van der Waals surface area contributed by atoms with Crippen LogP contribution in [0.25, 0.3) is 5.69 Å². The molecule has 0 unspecified atom stereocenters. The molecule has 2 aliphatic rings. The topological polar surface area (TPSA) is 67.7 Å². The van der Waals surface area contributed by atoms with Gasteiger partial charge in [0.2, 0.25) is 0 Å². The first kappa shape index (κ1) is 19.4. The molecule has 0 bridgehead atoms. The third kappa shape index (κ3) is 3.83. The number of rotatable bonds is 3. The van der Waals surface area contributed by atoms with Crippen molar-refractivity contribution in [1.82, 2.24) is 19.6 Å². The highest BCUT2D eigenvalue weighted by molar-refractivity contribution is 5.94. The third-order valence-electron chi connectivity index (χ3n) is 5.51. The van der Waals surface area contributed by atoms with Crippen molar-refractivity contribution in [1.29, 1.82) is 0 Å². The average molecular weight is 400 g/mol. The molecule has 154 valence electrons. The number of carbonyl (C=O) groups excluding carboxylic acids is 2. The fourth-order valence-electron chi connectivity index (χ4n) is 4.07. The maximum absolute atomic E-state index is 13.3. The summed E-state index contributed by atoms with van der Waals surface area (Å²) >= 11 is 0. The molecule has 1 fully saturated rings. The zero-order valence-corrected chi connectivity index (χ0v) is 16.6. The Morgan fingerprint density at radius 3 is 2.52 bits per heavy atom. The molecule has 0 atom stereocenters. The van der Waals surface area contributed by atoms with E-state index in [1.165, 1.54) is 12.1 Å². The number of nitrogens with zero attached hydrogens (tertiary/aromatic N) is 4. The lowest BCUT2D eigenvalue weighted by Crippen LogP contribution is -2.38. The van der Waals surface area contributed by atoms with E-state index < -0.39 is 0 Å². The Morgan fingerprint density at radius 1 is 1.03 bits per heavy atom. The van der Waals surface area contributed by atoms with Gasteiger partial charge in [0, 0.05) is 37.4 Å². The first-order valence-corrected chi connectivity index (χ1v) is 10.2. The Bertz CT molecular complexity index is 909. The minimum absolute atomic E-state index is 0.102. The van der Waals surface area contributed by atoms with Gasteiger partial charge in [-0.2, -0.15) is 5.10 Å². The fourth-order valence-corrected chi connectivity index (χ4v) is 4.07. The Kier molecular flexibility index (Phi) is 5.51. The molecule has 2 amide bonds. The molecule has 0 radical (unpaired) electrons. The number of fused-ring (bicyclic) bond motifs is 1. The Balaban J connectivity index is 1.56. The van der Waals surface area contributed by atoms with Crippen LogP contribution in [0, 0.1) is 5.82 Å². The van der Waals surface area contributed by atoms with Crippen molar-refractivity contribution in [3.63, 3.8) is 0 Å². The van der Waals surface area contributed by atoms with Crippen molar-refractivity contribution in [2.75, 3.05) is 32.8 Å². The van der Waals surface area contributed by atoms with Gasteiger partial charge >= 0.3 is 6.09 Å². The predicted molar refractivity (Wildman–Crippen MR) is 105 cm³/mol. The number of hydrogen-bond donors (Lipinski definition) is 0. The van der Waals surface area contributed by atoms with Gasteiger partial charge in [-0.15, -0.1) is 0 Å². The van der Waals surface area contributed by atoms with Crippen molar-refractivity contribution < 1.29 is 18.7 Å². The number of halogens is 1. The van der Waals surface area contributed by atoms with Crippen LogP contribution in [0.4, 0.5) is 9.18 Å². The van der Waals surface area contributed by atoms with E-state index in [0.29, 0.717) is 44.9 Å². The van der Waals surface area contributed by atoms with Crippen LogP contribution in [0.2, 0.25) is 0 Å². The lowest BCUT2D eigenvalue weighted by molar-refractivity contribution is 0.0746. The predicted octanol–water partition coefficient (Wildman–Crippen LogP) is 2.80. The molecule has 1 saturated heterocycles. The van der Waals surface area contributed by atoms with Crippen molar-refractivity contribution in [3.05, 3.63) is 47.0 Å². The van der Waals surface area contributed by atoms with Gasteiger partial charge in [0.1, 0.15) is 5.82 Å². The van der Waals surface area contributed by atoms with Crippen LogP contribution in [0.1, 0.15) is 41.5 Å². The van der Waals surface area contributed by atoms with Gasteiger partial charge in [-0.3, -0.25) is 4.79 Å². The Hall–Kier alpha value is -2.90. The average Bonchev–Trinajstić information content (AvgIpc) is 3.23. The highest BCUT2D eigenvalue weighted by Gasteiger charge is 2.31. The summed E-state index contributed by atoms with van der Waals surface area (Å²) < 4.78 is 20.2. The molecule has 29 heavy (non-hydrogen) atoms. The van der Waals surface area contributed by atoms with E-state index in [4.69, 9.17) is 4.74 Å². The molecule has 0 saturated carbocycles. The van der Waals surface area contributed by atoms with Crippen molar-refractivity contribution in [2.45, 2.75) is 32.6 Å². The maximum Gasteiger partial charge on any atom is 0.409 e. The third-order valence-corrected chi connectivity index (χ3v) is 5.51. The molecule has 1 aliphatic heterocycles.